The van der Waals surface area contributed by atoms with Crippen molar-refractivity contribution in [3.8, 4) is 0 Å². The summed E-state index contributed by atoms with van der Waals surface area (Å²) in [4.78, 5) is 3.00. The van der Waals surface area contributed by atoms with Crippen LogP contribution in [0.3, 0.4) is 0 Å². The average molecular weight is 97.2 g/mol. The van der Waals surface area contributed by atoms with Crippen molar-refractivity contribution < 1.29 is 0 Å². The van der Waals surface area contributed by atoms with Crippen molar-refractivity contribution in [2.75, 3.05) is 0 Å². The molecule has 1 rings (SSSR count). The second kappa shape index (κ2) is 2.45. The number of rotatable bonds is 0. The molecule has 40 valence electrons. The maximum atomic E-state index is 3.00. The lowest BCUT2D eigenvalue weighted by molar-refractivity contribution is 1.27. The maximum absolute atomic E-state index is 3.00. The quantitative estimate of drug-likeness (QED) is 0.509. The lowest BCUT2D eigenvalue weighted by atomic mass is 10.5. The molecule has 0 saturated heterocycles. The molecule has 1 heteroatoms. The van der Waals surface area contributed by atoms with Crippen molar-refractivity contribution in [3.05, 3.63) is 24.0 Å². The Morgan fingerprint density at radius 3 is 2.43 bits per heavy atom. The zero-order valence-corrected chi connectivity index (χ0v) is 3.73. The van der Waals surface area contributed by atoms with Gasteiger partial charge in [-0.05, 0) is 19.1 Å². The molecule has 0 fully saturated rings. The molecular weight excluding hydrogens is 86.1 g/mol. The first-order valence-corrected chi connectivity index (χ1v) is 1.99. The second-order valence-corrected chi connectivity index (χ2v) is 1.35. The van der Waals surface area contributed by atoms with Gasteiger partial charge in [-0.3, -0.25) is 0 Å². The summed E-state index contributed by atoms with van der Waals surface area (Å²) >= 11 is 0. The van der Waals surface area contributed by atoms with Crippen LogP contribution >= 0.6 is 0 Å². The Kier molecular flexibility index (Phi) is 2.20. The topological polar surface area (TPSA) is 15.8 Å². The van der Waals surface area contributed by atoms with Crippen molar-refractivity contribution in [2.24, 2.45) is 0 Å². The maximum Gasteiger partial charge on any atom is 0.0115 e. The molecule has 0 aromatic carbocycles. The molecule has 0 bridgehead atoms. The summed E-state index contributed by atoms with van der Waals surface area (Å²) < 4.78 is 0. The molecular formula is C6H11N. The summed E-state index contributed by atoms with van der Waals surface area (Å²) in [6.07, 6.45) is 1.91. The third-order valence-electron chi connectivity index (χ3n) is 0.753. The van der Waals surface area contributed by atoms with E-state index >= 15 is 0 Å². The predicted molar refractivity (Wildman–Crippen MR) is 32.3 cm³/mol. The fraction of sp³-hybridized carbons (Fsp3) is 0.333. The van der Waals surface area contributed by atoms with Crippen LogP contribution in [-0.2, 0) is 0 Å². The van der Waals surface area contributed by atoms with E-state index in [0.717, 1.165) is 0 Å². The molecule has 0 aliphatic rings. The minimum Gasteiger partial charge on any atom is -0.365 e. The van der Waals surface area contributed by atoms with Crippen LogP contribution in [0.25, 0.3) is 0 Å². The Morgan fingerprint density at radius 2 is 2.29 bits per heavy atom. The Balaban J connectivity index is 0.000000360. The molecule has 0 amide bonds. The molecule has 7 heavy (non-hydrogen) atoms. The third-order valence-corrected chi connectivity index (χ3v) is 0.753. The highest BCUT2D eigenvalue weighted by atomic mass is 14.7. The van der Waals surface area contributed by atoms with Gasteiger partial charge in [0.05, 0.1) is 0 Å². The fourth-order valence-electron chi connectivity index (χ4n) is 0.420. The smallest absolute Gasteiger partial charge is 0.0115 e. The molecule has 1 aromatic heterocycles. The number of aryl methyl sites for hydroxylation is 1. The van der Waals surface area contributed by atoms with Crippen molar-refractivity contribution >= 4 is 0 Å². The van der Waals surface area contributed by atoms with Crippen LogP contribution in [0.2, 0.25) is 0 Å². The van der Waals surface area contributed by atoms with Crippen LogP contribution < -0.4 is 0 Å². The molecule has 0 aliphatic carbocycles. The first-order chi connectivity index (χ1) is 2.89. The van der Waals surface area contributed by atoms with E-state index in [9.17, 15) is 0 Å². The monoisotopic (exact) mass is 97.1 g/mol. The van der Waals surface area contributed by atoms with E-state index in [1.807, 2.05) is 25.3 Å². The molecule has 1 aromatic rings. The molecule has 1 nitrogen and oxygen atoms in total. The van der Waals surface area contributed by atoms with Gasteiger partial charge in [0.15, 0.2) is 0 Å². The van der Waals surface area contributed by atoms with E-state index in [-0.39, 0.29) is 7.43 Å². The van der Waals surface area contributed by atoms with Crippen LogP contribution in [0, 0.1) is 6.92 Å². The summed E-state index contributed by atoms with van der Waals surface area (Å²) in [7, 11) is 0. The first kappa shape index (κ1) is 6.28. The van der Waals surface area contributed by atoms with E-state index in [1.54, 1.807) is 0 Å². The van der Waals surface area contributed by atoms with Crippen molar-refractivity contribution in [1.82, 2.24) is 4.98 Å². The highest BCUT2D eigenvalue weighted by Crippen LogP contribution is 1.86. The lowest BCUT2D eigenvalue weighted by Crippen LogP contribution is -1.59. The van der Waals surface area contributed by atoms with Gasteiger partial charge in [0.1, 0.15) is 0 Å². The van der Waals surface area contributed by atoms with Gasteiger partial charge >= 0.3 is 0 Å². The number of hydrogen-bond donors (Lipinski definition) is 1. The summed E-state index contributed by atoms with van der Waals surface area (Å²) in [5.41, 5.74) is 1.22. The lowest BCUT2D eigenvalue weighted by Gasteiger charge is -1.70. The van der Waals surface area contributed by atoms with Gasteiger partial charge in [0.25, 0.3) is 0 Å². The molecule has 1 N–H and O–H groups in total. The van der Waals surface area contributed by atoms with E-state index in [4.69, 9.17) is 0 Å². The normalized spacial score (nSPS) is 7.57. The van der Waals surface area contributed by atoms with Gasteiger partial charge < -0.3 is 4.98 Å². The average Bonchev–Trinajstić information content (AvgIpc) is 1.86. The van der Waals surface area contributed by atoms with Gasteiger partial charge in [-0.15, -0.1) is 0 Å². The Labute approximate surface area is 44.4 Å². The van der Waals surface area contributed by atoms with Gasteiger partial charge in [0.2, 0.25) is 0 Å². The summed E-state index contributed by atoms with van der Waals surface area (Å²) in [5.74, 6) is 0. The standard InChI is InChI=1S/C5H7N.CH4/c1-5-3-2-4-6-5;/h2-4,6H,1H3;1H4. The number of aromatic nitrogens is 1. The zero-order chi connectivity index (χ0) is 4.41. The molecule has 1 heterocycles. The first-order valence-electron chi connectivity index (χ1n) is 1.99. The predicted octanol–water partition coefficient (Wildman–Crippen LogP) is 1.96. The van der Waals surface area contributed by atoms with Gasteiger partial charge in [0, 0.05) is 11.9 Å². The Hall–Kier alpha value is -0.720. The molecule has 0 spiro atoms. The molecule has 0 atom stereocenters. The van der Waals surface area contributed by atoms with Crippen molar-refractivity contribution in [3.63, 3.8) is 0 Å². The van der Waals surface area contributed by atoms with E-state index < -0.39 is 0 Å². The Bertz CT molecular complexity index is 108. The van der Waals surface area contributed by atoms with Crippen LogP contribution in [0.15, 0.2) is 18.3 Å². The number of aromatic amines is 1. The zero-order valence-electron chi connectivity index (χ0n) is 3.73. The molecule has 0 radical (unpaired) electrons. The fourth-order valence-corrected chi connectivity index (χ4v) is 0.420. The number of nitrogens with one attached hydrogen (secondary N) is 1. The number of hydrogen-bond acceptors (Lipinski definition) is 0. The minimum absolute atomic E-state index is 0. The van der Waals surface area contributed by atoms with E-state index in [1.165, 1.54) is 5.69 Å². The van der Waals surface area contributed by atoms with Crippen LogP contribution in [0.5, 0.6) is 0 Å². The van der Waals surface area contributed by atoms with Crippen LogP contribution in [-0.4, -0.2) is 4.98 Å². The SMILES string of the molecule is C.Cc1ccc[nH]1. The van der Waals surface area contributed by atoms with E-state index in [2.05, 4.69) is 4.98 Å². The van der Waals surface area contributed by atoms with Gasteiger partial charge in [-0.25, -0.2) is 0 Å². The molecule has 0 saturated carbocycles. The third kappa shape index (κ3) is 1.44. The molecule has 0 unspecified atom stereocenters. The van der Waals surface area contributed by atoms with Crippen LogP contribution in [0.4, 0.5) is 0 Å². The van der Waals surface area contributed by atoms with Gasteiger partial charge in [-0.1, -0.05) is 7.43 Å². The van der Waals surface area contributed by atoms with E-state index in [0.29, 0.717) is 0 Å². The second-order valence-electron chi connectivity index (χ2n) is 1.35. The minimum atomic E-state index is 0. The summed E-state index contributed by atoms with van der Waals surface area (Å²) in [6.45, 7) is 2.03. The van der Waals surface area contributed by atoms with Gasteiger partial charge in [-0.2, -0.15) is 0 Å². The highest BCUT2D eigenvalue weighted by molar-refractivity contribution is 4.99. The highest BCUT2D eigenvalue weighted by Gasteiger charge is 1.72. The van der Waals surface area contributed by atoms with Crippen molar-refractivity contribution in [1.29, 1.82) is 0 Å². The Morgan fingerprint density at radius 1 is 1.57 bits per heavy atom. The number of H-pyrrole nitrogens is 1. The summed E-state index contributed by atoms with van der Waals surface area (Å²) in [6, 6.07) is 4.01. The molecule has 0 aliphatic heterocycles. The van der Waals surface area contributed by atoms with Crippen molar-refractivity contribution in [2.45, 2.75) is 14.4 Å². The largest absolute Gasteiger partial charge is 0.365 e. The van der Waals surface area contributed by atoms with Crippen LogP contribution in [0.1, 0.15) is 13.1 Å². The summed E-state index contributed by atoms with van der Waals surface area (Å²) in [5, 5.41) is 0.